The van der Waals surface area contributed by atoms with E-state index in [-0.39, 0.29) is 5.82 Å². The van der Waals surface area contributed by atoms with Gasteiger partial charge in [-0.25, -0.2) is 9.37 Å². The van der Waals surface area contributed by atoms with E-state index in [1.807, 2.05) is 0 Å². The van der Waals surface area contributed by atoms with Gasteiger partial charge in [0, 0.05) is 30.6 Å². The van der Waals surface area contributed by atoms with Crippen molar-refractivity contribution >= 4 is 11.3 Å². The minimum absolute atomic E-state index is 0.202. The SMILES string of the molecule is CC1CC(C)CN(Cc2csc(-c3ccc(F)cc3)n2)C1. The average Bonchev–Trinajstić information content (AvgIpc) is 2.87. The van der Waals surface area contributed by atoms with E-state index in [4.69, 9.17) is 4.98 Å². The molecule has 3 rings (SSSR count). The summed E-state index contributed by atoms with van der Waals surface area (Å²) in [7, 11) is 0. The first kappa shape index (κ1) is 14.7. The van der Waals surface area contributed by atoms with Gasteiger partial charge in [-0.3, -0.25) is 4.90 Å². The topological polar surface area (TPSA) is 16.1 Å². The van der Waals surface area contributed by atoms with Crippen molar-refractivity contribution in [2.24, 2.45) is 11.8 Å². The zero-order chi connectivity index (χ0) is 14.8. The van der Waals surface area contributed by atoms with E-state index in [1.165, 1.54) is 18.6 Å². The number of rotatable bonds is 3. The molecule has 0 radical (unpaired) electrons. The van der Waals surface area contributed by atoms with Crippen LogP contribution >= 0.6 is 11.3 Å². The molecule has 1 fully saturated rings. The highest BCUT2D eigenvalue weighted by Gasteiger charge is 2.22. The maximum atomic E-state index is 13.0. The molecule has 0 amide bonds. The lowest BCUT2D eigenvalue weighted by Gasteiger charge is -2.34. The smallest absolute Gasteiger partial charge is 0.123 e. The molecule has 0 aliphatic carbocycles. The molecular formula is C17H21FN2S. The average molecular weight is 304 g/mol. The summed E-state index contributed by atoms with van der Waals surface area (Å²) in [5.41, 5.74) is 2.12. The Labute approximate surface area is 129 Å². The second-order valence-electron chi connectivity index (χ2n) is 6.29. The van der Waals surface area contributed by atoms with E-state index < -0.39 is 0 Å². The van der Waals surface area contributed by atoms with Crippen molar-refractivity contribution in [3.8, 4) is 10.6 Å². The highest BCUT2D eigenvalue weighted by Crippen LogP contribution is 2.26. The first-order valence-corrected chi connectivity index (χ1v) is 8.41. The van der Waals surface area contributed by atoms with Crippen molar-refractivity contribution < 1.29 is 4.39 Å². The lowest BCUT2D eigenvalue weighted by atomic mass is 9.92. The molecule has 2 unspecified atom stereocenters. The van der Waals surface area contributed by atoms with Crippen LogP contribution in [0.25, 0.3) is 10.6 Å². The quantitative estimate of drug-likeness (QED) is 0.834. The Morgan fingerprint density at radius 2 is 1.86 bits per heavy atom. The molecule has 0 spiro atoms. The number of hydrogen-bond donors (Lipinski definition) is 0. The molecule has 1 aliphatic rings. The van der Waals surface area contributed by atoms with E-state index in [2.05, 4.69) is 24.1 Å². The van der Waals surface area contributed by atoms with Gasteiger partial charge in [0.25, 0.3) is 0 Å². The third kappa shape index (κ3) is 3.69. The van der Waals surface area contributed by atoms with E-state index in [9.17, 15) is 4.39 Å². The van der Waals surface area contributed by atoms with Crippen molar-refractivity contribution in [2.75, 3.05) is 13.1 Å². The Kier molecular flexibility index (Phi) is 4.36. The zero-order valence-corrected chi connectivity index (χ0v) is 13.4. The van der Waals surface area contributed by atoms with Gasteiger partial charge in [0.05, 0.1) is 5.69 Å². The molecule has 2 nitrogen and oxygen atoms in total. The summed E-state index contributed by atoms with van der Waals surface area (Å²) in [6.07, 6.45) is 1.33. The van der Waals surface area contributed by atoms with E-state index >= 15 is 0 Å². The molecule has 112 valence electrons. The number of nitrogens with zero attached hydrogens (tertiary/aromatic N) is 2. The number of aromatic nitrogens is 1. The second kappa shape index (κ2) is 6.24. The standard InChI is InChI=1S/C17H21FN2S/c1-12-7-13(2)9-20(8-12)10-16-11-21-17(19-16)14-3-5-15(18)6-4-14/h3-6,11-13H,7-10H2,1-2H3. The minimum Gasteiger partial charge on any atom is -0.297 e. The summed E-state index contributed by atoms with van der Waals surface area (Å²) < 4.78 is 13.0. The van der Waals surface area contributed by atoms with E-state index in [1.54, 1.807) is 23.5 Å². The van der Waals surface area contributed by atoms with Crippen LogP contribution in [0.3, 0.4) is 0 Å². The normalized spacial score (nSPS) is 23.4. The molecule has 4 heteroatoms. The number of piperidine rings is 1. The number of halogens is 1. The Morgan fingerprint density at radius 3 is 2.52 bits per heavy atom. The Hall–Kier alpha value is -1.26. The van der Waals surface area contributed by atoms with Crippen LogP contribution in [0.2, 0.25) is 0 Å². The largest absolute Gasteiger partial charge is 0.297 e. The predicted molar refractivity (Wildman–Crippen MR) is 85.7 cm³/mol. The van der Waals surface area contributed by atoms with Crippen LogP contribution in [-0.2, 0) is 6.54 Å². The maximum absolute atomic E-state index is 13.0. The highest BCUT2D eigenvalue weighted by molar-refractivity contribution is 7.13. The third-order valence-corrected chi connectivity index (χ3v) is 4.91. The summed E-state index contributed by atoms with van der Waals surface area (Å²) in [4.78, 5) is 7.21. The summed E-state index contributed by atoms with van der Waals surface area (Å²) in [5.74, 6) is 1.33. The molecule has 0 bridgehead atoms. The Balaban J connectivity index is 1.69. The summed E-state index contributed by atoms with van der Waals surface area (Å²) >= 11 is 1.64. The molecule has 2 heterocycles. The van der Waals surface area contributed by atoms with E-state index in [0.29, 0.717) is 0 Å². The van der Waals surface area contributed by atoms with Gasteiger partial charge < -0.3 is 0 Å². The molecule has 0 N–H and O–H groups in total. The highest BCUT2D eigenvalue weighted by atomic mass is 32.1. The molecule has 2 aromatic rings. The second-order valence-corrected chi connectivity index (χ2v) is 7.15. The van der Waals surface area contributed by atoms with E-state index in [0.717, 1.165) is 47.7 Å². The number of thiazole rings is 1. The lowest BCUT2D eigenvalue weighted by molar-refractivity contribution is 0.133. The van der Waals surface area contributed by atoms with Crippen LogP contribution in [0.15, 0.2) is 29.6 Å². The first-order valence-electron chi connectivity index (χ1n) is 7.53. The van der Waals surface area contributed by atoms with Crippen molar-refractivity contribution in [1.29, 1.82) is 0 Å². The molecule has 21 heavy (non-hydrogen) atoms. The maximum Gasteiger partial charge on any atom is 0.123 e. The van der Waals surface area contributed by atoms with Gasteiger partial charge in [-0.05, 0) is 42.5 Å². The fourth-order valence-corrected chi connectivity index (χ4v) is 4.07. The van der Waals surface area contributed by atoms with Crippen molar-refractivity contribution in [3.05, 3.63) is 41.2 Å². The number of benzene rings is 1. The minimum atomic E-state index is -0.202. The van der Waals surface area contributed by atoms with Gasteiger partial charge in [0.2, 0.25) is 0 Å². The van der Waals surface area contributed by atoms with Crippen LogP contribution in [0, 0.1) is 17.7 Å². The van der Waals surface area contributed by atoms with Crippen LogP contribution in [0.4, 0.5) is 4.39 Å². The number of hydrogen-bond acceptors (Lipinski definition) is 3. The monoisotopic (exact) mass is 304 g/mol. The van der Waals surface area contributed by atoms with Gasteiger partial charge in [-0.15, -0.1) is 11.3 Å². The summed E-state index contributed by atoms with van der Waals surface area (Å²) in [5, 5.41) is 3.10. The fraction of sp³-hybridized carbons (Fsp3) is 0.471. The molecule has 1 aromatic heterocycles. The third-order valence-electron chi connectivity index (χ3n) is 3.97. The molecule has 1 aromatic carbocycles. The van der Waals surface area contributed by atoms with Crippen molar-refractivity contribution in [1.82, 2.24) is 9.88 Å². The van der Waals surface area contributed by atoms with Crippen LogP contribution < -0.4 is 0 Å². The molecule has 1 saturated heterocycles. The molecule has 0 saturated carbocycles. The van der Waals surface area contributed by atoms with Crippen LogP contribution in [0.5, 0.6) is 0 Å². The first-order chi connectivity index (χ1) is 10.1. The molecule has 1 aliphatic heterocycles. The summed E-state index contributed by atoms with van der Waals surface area (Å²) in [6, 6.07) is 6.57. The number of likely N-dealkylation sites (tertiary alicyclic amines) is 1. The fourth-order valence-electron chi connectivity index (χ4n) is 3.25. The van der Waals surface area contributed by atoms with Gasteiger partial charge in [-0.1, -0.05) is 13.8 Å². The van der Waals surface area contributed by atoms with Crippen LogP contribution in [-0.4, -0.2) is 23.0 Å². The summed E-state index contributed by atoms with van der Waals surface area (Å²) in [6.45, 7) is 7.90. The predicted octanol–water partition coefficient (Wildman–Crippen LogP) is 4.43. The van der Waals surface area contributed by atoms with Crippen molar-refractivity contribution in [2.45, 2.75) is 26.8 Å². The Bertz CT molecular complexity index is 583. The van der Waals surface area contributed by atoms with Gasteiger partial charge in [0.1, 0.15) is 10.8 Å². The van der Waals surface area contributed by atoms with Gasteiger partial charge in [0.15, 0.2) is 0 Å². The Morgan fingerprint density at radius 1 is 1.19 bits per heavy atom. The van der Waals surface area contributed by atoms with Gasteiger partial charge in [-0.2, -0.15) is 0 Å². The van der Waals surface area contributed by atoms with Crippen LogP contribution in [0.1, 0.15) is 26.0 Å². The van der Waals surface area contributed by atoms with Crippen molar-refractivity contribution in [3.63, 3.8) is 0 Å². The molecule has 2 atom stereocenters. The molecular weight excluding hydrogens is 283 g/mol. The zero-order valence-electron chi connectivity index (χ0n) is 12.6. The lowest BCUT2D eigenvalue weighted by Crippen LogP contribution is -2.38. The van der Waals surface area contributed by atoms with Gasteiger partial charge >= 0.3 is 0 Å².